The van der Waals surface area contributed by atoms with Crippen LogP contribution in [0.1, 0.15) is 23.2 Å². The zero-order valence-corrected chi connectivity index (χ0v) is 13.8. The van der Waals surface area contributed by atoms with Crippen molar-refractivity contribution in [1.29, 1.82) is 0 Å². The summed E-state index contributed by atoms with van der Waals surface area (Å²) in [5.41, 5.74) is 1.32. The molecule has 0 radical (unpaired) electrons. The number of carbonyl (C=O) groups excluding carboxylic acids is 1. The SMILES string of the molecule is COc1cc(=O)[nH]cc1C(=O)N1CCN(C2CC2)c2ccc(F)cc21. The molecule has 2 aromatic rings. The van der Waals surface area contributed by atoms with Crippen LogP contribution in [0.4, 0.5) is 15.8 Å². The first-order chi connectivity index (χ1) is 12.1. The van der Waals surface area contributed by atoms with Crippen molar-refractivity contribution in [2.45, 2.75) is 18.9 Å². The lowest BCUT2D eigenvalue weighted by molar-refractivity contribution is 0.0983. The summed E-state index contributed by atoms with van der Waals surface area (Å²) < 4.78 is 19.0. The highest BCUT2D eigenvalue weighted by Crippen LogP contribution is 2.41. The molecule has 6 nitrogen and oxygen atoms in total. The molecule has 0 bridgehead atoms. The third kappa shape index (κ3) is 2.75. The summed E-state index contributed by atoms with van der Waals surface area (Å²) >= 11 is 0. The quantitative estimate of drug-likeness (QED) is 0.927. The minimum Gasteiger partial charge on any atom is -0.496 e. The number of hydrogen-bond acceptors (Lipinski definition) is 4. The van der Waals surface area contributed by atoms with E-state index in [-0.39, 0.29) is 28.6 Å². The van der Waals surface area contributed by atoms with Gasteiger partial charge in [0.2, 0.25) is 0 Å². The third-order valence-corrected chi connectivity index (χ3v) is 4.67. The van der Waals surface area contributed by atoms with E-state index in [2.05, 4.69) is 9.88 Å². The smallest absolute Gasteiger partial charge is 0.263 e. The lowest BCUT2D eigenvalue weighted by Gasteiger charge is -2.38. The summed E-state index contributed by atoms with van der Waals surface area (Å²) in [5, 5.41) is 0. The Bertz CT molecular complexity index is 891. The number of nitrogens with one attached hydrogen (secondary N) is 1. The normalized spacial score (nSPS) is 16.6. The van der Waals surface area contributed by atoms with Crippen LogP contribution in [-0.4, -0.2) is 37.1 Å². The molecule has 0 saturated heterocycles. The van der Waals surface area contributed by atoms with Crippen molar-refractivity contribution in [2.75, 3.05) is 30.0 Å². The Morgan fingerprint density at radius 1 is 1.24 bits per heavy atom. The fraction of sp³-hybridized carbons (Fsp3) is 0.333. The molecule has 1 aliphatic heterocycles. The molecular formula is C18H18FN3O3. The summed E-state index contributed by atoms with van der Waals surface area (Å²) in [6.07, 6.45) is 3.59. The van der Waals surface area contributed by atoms with Gasteiger partial charge in [-0.15, -0.1) is 0 Å². The highest BCUT2D eigenvalue weighted by molar-refractivity contribution is 6.09. The Balaban J connectivity index is 1.76. The number of hydrogen-bond donors (Lipinski definition) is 1. The lowest BCUT2D eigenvalue weighted by atomic mass is 10.1. The molecule has 130 valence electrons. The first-order valence-corrected chi connectivity index (χ1v) is 8.23. The van der Waals surface area contributed by atoms with Gasteiger partial charge in [0.25, 0.3) is 11.5 Å². The molecule has 4 rings (SSSR count). The summed E-state index contributed by atoms with van der Waals surface area (Å²) in [7, 11) is 1.41. The number of methoxy groups -OCH3 is 1. The van der Waals surface area contributed by atoms with E-state index in [9.17, 15) is 14.0 Å². The predicted octanol–water partition coefficient (Wildman–Crippen LogP) is 2.15. The molecule has 1 saturated carbocycles. The van der Waals surface area contributed by atoms with E-state index < -0.39 is 0 Å². The highest BCUT2D eigenvalue weighted by Gasteiger charge is 2.36. The van der Waals surface area contributed by atoms with Crippen LogP contribution >= 0.6 is 0 Å². The molecule has 1 aliphatic carbocycles. The molecule has 0 unspecified atom stereocenters. The van der Waals surface area contributed by atoms with E-state index in [1.807, 2.05) is 0 Å². The summed E-state index contributed by atoms with van der Waals surface area (Å²) in [6, 6.07) is 6.25. The Kier molecular flexibility index (Phi) is 3.71. The molecule has 1 aromatic heterocycles. The van der Waals surface area contributed by atoms with E-state index in [0.717, 1.165) is 18.5 Å². The number of anilines is 2. The van der Waals surface area contributed by atoms with Gasteiger partial charge >= 0.3 is 0 Å². The van der Waals surface area contributed by atoms with Crippen molar-refractivity contribution < 1.29 is 13.9 Å². The number of pyridine rings is 1. The van der Waals surface area contributed by atoms with Crippen molar-refractivity contribution in [1.82, 2.24) is 4.98 Å². The van der Waals surface area contributed by atoms with Crippen LogP contribution in [0.5, 0.6) is 5.75 Å². The standard InChI is InChI=1S/C18H18FN3O3/c1-25-16-9-17(23)20-10-13(16)18(24)22-7-6-21(12-3-4-12)14-5-2-11(19)8-15(14)22/h2,5,8-10,12H,3-4,6-7H2,1H3,(H,20,23). The second-order valence-corrected chi connectivity index (χ2v) is 6.29. The molecular weight excluding hydrogens is 325 g/mol. The predicted molar refractivity (Wildman–Crippen MR) is 92.1 cm³/mol. The van der Waals surface area contributed by atoms with Crippen molar-refractivity contribution in [3.8, 4) is 5.75 Å². The highest BCUT2D eigenvalue weighted by atomic mass is 19.1. The first-order valence-electron chi connectivity index (χ1n) is 8.23. The minimum absolute atomic E-state index is 0.205. The second kappa shape index (κ2) is 5.91. The van der Waals surface area contributed by atoms with Gasteiger partial charge in [-0.1, -0.05) is 0 Å². The van der Waals surface area contributed by atoms with Gasteiger partial charge in [-0.2, -0.15) is 0 Å². The Morgan fingerprint density at radius 2 is 2.04 bits per heavy atom. The molecule has 2 aliphatic rings. The van der Waals surface area contributed by atoms with Gasteiger partial charge in [-0.3, -0.25) is 9.59 Å². The third-order valence-electron chi connectivity index (χ3n) is 4.67. The molecule has 1 amide bonds. The topological polar surface area (TPSA) is 65.6 Å². The van der Waals surface area contributed by atoms with E-state index in [0.29, 0.717) is 24.8 Å². The van der Waals surface area contributed by atoms with Crippen molar-refractivity contribution in [3.05, 3.63) is 52.2 Å². The Hall–Kier alpha value is -2.83. The number of benzene rings is 1. The molecule has 7 heteroatoms. The molecule has 1 N–H and O–H groups in total. The number of nitrogens with zero attached hydrogens (tertiary/aromatic N) is 2. The number of fused-ring (bicyclic) bond motifs is 1. The maximum Gasteiger partial charge on any atom is 0.263 e. The summed E-state index contributed by atoms with van der Waals surface area (Å²) in [5.74, 6) is -0.505. The lowest BCUT2D eigenvalue weighted by Crippen LogP contribution is -2.45. The molecule has 25 heavy (non-hydrogen) atoms. The maximum atomic E-state index is 13.8. The average Bonchev–Trinajstić information content (AvgIpc) is 3.45. The van der Waals surface area contributed by atoms with E-state index in [1.54, 1.807) is 11.0 Å². The van der Waals surface area contributed by atoms with Crippen LogP contribution in [0, 0.1) is 5.82 Å². The van der Waals surface area contributed by atoms with Gasteiger partial charge < -0.3 is 19.5 Å². The van der Waals surface area contributed by atoms with Gasteiger partial charge in [-0.25, -0.2) is 4.39 Å². The maximum absolute atomic E-state index is 13.8. The molecule has 0 spiro atoms. The number of carbonyl (C=O) groups is 1. The van der Waals surface area contributed by atoms with E-state index in [4.69, 9.17) is 4.74 Å². The second-order valence-electron chi connectivity index (χ2n) is 6.29. The summed E-state index contributed by atoms with van der Waals surface area (Å²) in [6.45, 7) is 1.15. The van der Waals surface area contributed by atoms with Crippen LogP contribution in [0.2, 0.25) is 0 Å². The monoisotopic (exact) mass is 343 g/mol. The number of ether oxygens (including phenoxy) is 1. The summed E-state index contributed by atoms with van der Waals surface area (Å²) in [4.78, 5) is 30.8. The Labute approximate surface area is 143 Å². The fourth-order valence-corrected chi connectivity index (χ4v) is 3.32. The Morgan fingerprint density at radius 3 is 2.76 bits per heavy atom. The molecule has 1 fully saturated rings. The molecule has 1 aromatic carbocycles. The zero-order chi connectivity index (χ0) is 17.6. The molecule has 2 heterocycles. The van der Waals surface area contributed by atoms with Crippen LogP contribution in [0.25, 0.3) is 0 Å². The first kappa shape index (κ1) is 15.7. The van der Waals surface area contributed by atoms with E-state index >= 15 is 0 Å². The van der Waals surface area contributed by atoms with Crippen molar-refractivity contribution in [2.24, 2.45) is 0 Å². The van der Waals surface area contributed by atoms with Crippen molar-refractivity contribution in [3.63, 3.8) is 0 Å². The fourth-order valence-electron chi connectivity index (χ4n) is 3.32. The van der Waals surface area contributed by atoms with Gasteiger partial charge in [0.15, 0.2) is 0 Å². The molecule has 0 atom stereocenters. The largest absolute Gasteiger partial charge is 0.496 e. The van der Waals surface area contributed by atoms with Gasteiger partial charge in [0, 0.05) is 31.4 Å². The number of aromatic amines is 1. The van der Waals surface area contributed by atoms with Gasteiger partial charge in [0.1, 0.15) is 11.6 Å². The number of amides is 1. The van der Waals surface area contributed by atoms with Gasteiger partial charge in [0.05, 0.1) is 24.0 Å². The number of rotatable bonds is 3. The number of H-pyrrole nitrogens is 1. The minimum atomic E-state index is -0.386. The van der Waals surface area contributed by atoms with Crippen molar-refractivity contribution >= 4 is 17.3 Å². The number of aromatic nitrogens is 1. The number of halogens is 1. The average molecular weight is 343 g/mol. The van der Waals surface area contributed by atoms with Crippen LogP contribution in [0.3, 0.4) is 0 Å². The van der Waals surface area contributed by atoms with Crippen LogP contribution in [-0.2, 0) is 0 Å². The van der Waals surface area contributed by atoms with E-state index in [1.165, 1.54) is 31.5 Å². The van der Waals surface area contributed by atoms with Crippen LogP contribution in [0.15, 0.2) is 35.3 Å². The van der Waals surface area contributed by atoms with Crippen LogP contribution < -0.4 is 20.1 Å². The zero-order valence-electron chi connectivity index (χ0n) is 13.8. The van der Waals surface area contributed by atoms with Gasteiger partial charge in [-0.05, 0) is 31.0 Å².